The van der Waals surface area contributed by atoms with Crippen LogP contribution in [0.5, 0.6) is 0 Å². The zero-order valence-electron chi connectivity index (χ0n) is 20.3. The van der Waals surface area contributed by atoms with E-state index in [1.807, 2.05) is 34.9 Å². The monoisotopic (exact) mass is 453 g/mol. The Kier molecular flexibility index (Phi) is 6.59. The number of nitrogens with one attached hydrogen (secondary N) is 1. The highest BCUT2D eigenvalue weighted by molar-refractivity contribution is 5.71. The first-order valence-corrected chi connectivity index (χ1v) is 11.8. The van der Waals surface area contributed by atoms with Gasteiger partial charge in [-0.05, 0) is 38.7 Å². The Hall–Kier alpha value is -2.71. The van der Waals surface area contributed by atoms with E-state index >= 15 is 0 Å². The second-order valence-electron chi connectivity index (χ2n) is 10.2. The van der Waals surface area contributed by atoms with Gasteiger partial charge in [0.05, 0.1) is 24.8 Å². The number of fused-ring (bicyclic) bond motifs is 1. The lowest BCUT2D eigenvalue weighted by atomic mass is 10.1. The Balaban J connectivity index is 1.80. The van der Waals surface area contributed by atoms with Gasteiger partial charge in [-0.25, -0.2) is 9.78 Å². The predicted octanol–water partition coefficient (Wildman–Crippen LogP) is 2.98. The van der Waals surface area contributed by atoms with Gasteiger partial charge in [0.15, 0.2) is 11.2 Å². The molecule has 3 heterocycles. The van der Waals surface area contributed by atoms with Crippen molar-refractivity contribution in [1.29, 1.82) is 0 Å². The van der Waals surface area contributed by atoms with Crippen LogP contribution in [0.3, 0.4) is 0 Å². The number of imidazole rings is 1. The lowest BCUT2D eigenvalue weighted by Crippen LogP contribution is -2.51. The Bertz CT molecular complexity index is 1220. The van der Waals surface area contributed by atoms with E-state index in [1.165, 1.54) is 0 Å². The topological polar surface area (TPSA) is 85.2 Å². The number of H-pyrrole nitrogens is 1. The van der Waals surface area contributed by atoms with Gasteiger partial charge < -0.3 is 9.30 Å². The molecule has 0 amide bonds. The molecule has 1 unspecified atom stereocenters. The second kappa shape index (κ2) is 9.27. The number of morpholine rings is 1. The summed E-state index contributed by atoms with van der Waals surface area (Å²) < 4.78 is 9.65. The quantitative estimate of drug-likeness (QED) is 0.595. The maximum absolute atomic E-state index is 13.0. The highest BCUT2D eigenvalue weighted by Crippen LogP contribution is 2.23. The highest BCUT2D eigenvalue weighted by atomic mass is 16.5. The summed E-state index contributed by atoms with van der Waals surface area (Å²) in [4.78, 5) is 35.5. The fourth-order valence-electron chi connectivity index (χ4n) is 4.79. The van der Waals surface area contributed by atoms with Crippen molar-refractivity contribution in [3.63, 3.8) is 0 Å². The fourth-order valence-corrected chi connectivity index (χ4v) is 4.79. The summed E-state index contributed by atoms with van der Waals surface area (Å²) in [5.74, 6) is 1.29. The van der Waals surface area contributed by atoms with Gasteiger partial charge in [-0.1, -0.05) is 44.2 Å². The number of ether oxygens (including phenoxy) is 1. The normalized spacial score (nSPS) is 18.9. The SMILES string of the molecule is CC(C)CCn1c(CN2CC(C)OC(C)(C)C2)nc2c1c(=O)[nH]c(=O)n2Cc1ccccc1. The predicted molar refractivity (Wildman–Crippen MR) is 130 cm³/mol. The third kappa shape index (κ3) is 5.28. The smallest absolute Gasteiger partial charge is 0.330 e. The summed E-state index contributed by atoms with van der Waals surface area (Å²) in [5, 5.41) is 0. The molecule has 0 bridgehead atoms. The van der Waals surface area contributed by atoms with Crippen LogP contribution in [0.2, 0.25) is 0 Å². The Morgan fingerprint density at radius 2 is 1.88 bits per heavy atom. The maximum Gasteiger partial charge on any atom is 0.330 e. The van der Waals surface area contributed by atoms with Crippen LogP contribution in [0.25, 0.3) is 11.2 Å². The summed E-state index contributed by atoms with van der Waals surface area (Å²) >= 11 is 0. The number of rotatable bonds is 7. The van der Waals surface area contributed by atoms with E-state index in [9.17, 15) is 9.59 Å². The van der Waals surface area contributed by atoms with Gasteiger partial charge in [0.2, 0.25) is 0 Å². The molecule has 0 radical (unpaired) electrons. The van der Waals surface area contributed by atoms with E-state index in [4.69, 9.17) is 9.72 Å². The van der Waals surface area contributed by atoms with Crippen molar-refractivity contribution in [3.05, 3.63) is 62.6 Å². The lowest BCUT2D eigenvalue weighted by molar-refractivity contribution is -0.131. The molecule has 178 valence electrons. The summed E-state index contributed by atoms with van der Waals surface area (Å²) in [6.45, 7) is 13.8. The standard InChI is InChI=1S/C25H35N5O3/c1-17(2)11-12-29-20(15-28-13-18(3)33-25(4,5)16-28)26-22-21(29)23(31)27-24(32)30(22)14-19-9-7-6-8-10-19/h6-10,17-18H,11-16H2,1-5H3,(H,27,31,32). The first kappa shape index (κ1) is 23.4. The van der Waals surface area contributed by atoms with Crippen molar-refractivity contribution in [2.45, 2.75) is 72.4 Å². The van der Waals surface area contributed by atoms with E-state index in [0.717, 1.165) is 30.9 Å². The summed E-state index contributed by atoms with van der Waals surface area (Å²) in [6.07, 6.45) is 1.03. The van der Waals surface area contributed by atoms with Crippen molar-refractivity contribution in [1.82, 2.24) is 24.0 Å². The van der Waals surface area contributed by atoms with Gasteiger partial charge in [0.25, 0.3) is 5.56 Å². The van der Waals surface area contributed by atoms with E-state index in [1.54, 1.807) is 4.57 Å². The van der Waals surface area contributed by atoms with E-state index in [-0.39, 0.29) is 17.3 Å². The van der Waals surface area contributed by atoms with Crippen molar-refractivity contribution < 1.29 is 4.74 Å². The zero-order valence-corrected chi connectivity index (χ0v) is 20.3. The molecule has 8 nitrogen and oxygen atoms in total. The number of hydrogen-bond acceptors (Lipinski definition) is 5. The van der Waals surface area contributed by atoms with Gasteiger partial charge in [0.1, 0.15) is 5.82 Å². The number of hydrogen-bond donors (Lipinski definition) is 1. The van der Waals surface area contributed by atoms with Gasteiger partial charge in [-0.15, -0.1) is 0 Å². The third-order valence-electron chi connectivity index (χ3n) is 6.08. The molecule has 1 N–H and O–H groups in total. The number of benzene rings is 1. The number of aryl methyl sites for hydroxylation is 1. The number of aromatic amines is 1. The number of nitrogens with zero attached hydrogens (tertiary/aromatic N) is 4. The molecule has 3 aromatic rings. The Morgan fingerprint density at radius 1 is 1.15 bits per heavy atom. The first-order chi connectivity index (χ1) is 15.6. The minimum Gasteiger partial charge on any atom is -0.370 e. The lowest BCUT2D eigenvalue weighted by Gasteiger charge is -2.41. The molecule has 1 aliphatic heterocycles. The van der Waals surface area contributed by atoms with Crippen LogP contribution in [-0.4, -0.2) is 48.8 Å². The minimum absolute atomic E-state index is 0.113. The van der Waals surface area contributed by atoms with Crippen LogP contribution in [0, 0.1) is 5.92 Å². The van der Waals surface area contributed by atoms with Crippen LogP contribution in [0.4, 0.5) is 0 Å². The molecule has 0 spiro atoms. The minimum atomic E-state index is -0.433. The van der Waals surface area contributed by atoms with Gasteiger partial charge in [0, 0.05) is 19.6 Å². The van der Waals surface area contributed by atoms with Gasteiger partial charge in [-0.2, -0.15) is 0 Å². The van der Waals surface area contributed by atoms with Gasteiger partial charge in [-0.3, -0.25) is 19.2 Å². The summed E-state index contributed by atoms with van der Waals surface area (Å²) in [7, 11) is 0. The Morgan fingerprint density at radius 3 is 2.55 bits per heavy atom. The third-order valence-corrected chi connectivity index (χ3v) is 6.08. The molecule has 4 rings (SSSR count). The molecular formula is C25H35N5O3. The number of aromatic nitrogens is 4. The van der Waals surface area contributed by atoms with Crippen LogP contribution in [0.1, 0.15) is 52.4 Å². The Labute approximate surface area is 194 Å². The van der Waals surface area contributed by atoms with E-state index in [2.05, 4.69) is 44.5 Å². The molecule has 1 aromatic carbocycles. The van der Waals surface area contributed by atoms with Crippen molar-refractivity contribution in [3.8, 4) is 0 Å². The fraction of sp³-hybridized carbons (Fsp3) is 0.560. The largest absolute Gasteiger partial charge is 0.370 e. The first-order valence-electron chi connectivity index (χ1n) is 11.8. The molecule has 8 heteroatoms. The molecule has 1 saturated heterocycles. The van der Waals surface area contributed by atoms with Crippen molar-refractivity contribution >= 4 is 11.2 Å². The van der Waals surface area contributed by atoms with E-state index < -0.39 is 5.69 Å². The molecular weight excluding hydrogens is 418 g/mol. The highest BCUT2D eigenvalue weighted by Gasteiger charge is 2.32. The summed E-state index contributed by atoms with van der Waals surface area (Å²) in [5.41, 5.74) is 0.845. The average Bonchev–Trinajstić information content (AvgIpc) is 3.07. The maximum atomic E-state index is 13.0. The second-order valence-corrected chi connectivity index (χ2v) is 10.2. The molecule has 1 atom stereocenters. The molecule has 33 heavy (non-hydrogen) atoms. The molecule has 0 aliphatic carbocycles. The molecule has 1 fully saturated rings. The van der Waals surface area contributed by atoms with Crippen LogP contribution in [0.15, 0.2) is 39.9 Å². The van der Waals surface area contributed by atoms with E-state index in [0.29, 0.717) is 36.7 Å². The molecule has 2 aromatic heterocycles. The van der Waals surface area contributed by atoms with Crippen LogP contribution < -0.4 is 11.2 Å². The van der Waals surface area contributed by atoms with Crippen molar-refractivity contribution in [2.75, 3.05) is 13.1 Å². The van der Waals surface area contributed by atoms with Crippen molar-refractivity contribution in [2.24, 2.45) is 5.92 Å². The molecule has 0 saturated carbocycles. The molecule has 1 aliphatic rings. The average molecular weight is 454 g/mol. The summed E-state index contributed by atoms with van der Waals surface area (Å²) in [6, 6.07) is 9.77. The van der Waals surface area contributed by atoms with Gasteiger partial charge >= 0.3 is 5.69 Å². The van der Waals surface area contributed by atoms with Crippen LogP contribution in [-0.2, 0) is 24.4 Å². The van der Waals surface area contributed by atoms with Crippen LogP contribution >= 0.6 is 0 Å². The zero-order chi connectivity index (χ0) is 23.8.